The van der Waals surface area contributed by atoms with Crippen LogP contribution in [-0.4, -0.2) is 73.1 Å². The molecule has 4 amide bonds. The van der Waals surface area contributed by atoms with Crippen molar-refractivity contribution in [3.63, 3.8) is 0 Å². The number of methoxy groups -OCH3 is 1. The molecular weight excluding hydrogens is 518 g/mol. The second kappa shape index (κ2) is 12.3. The summed E-state index contributed by atoms with van der Waals surface area (Å²) < 4.78 is 5.40. The number of rotatable bonds is 8. The van der Waals surface area contributed by atoms with Crippen LogP contribution in [0.4, 0.5) is 16.2 Å². The zero-order chi connectivity index (χ0) is 28.8. The van der Waals surface area contributed by atoms with Gasteiger partial charge in [0.1, 0.15) is 17.8 Å². The van der Waals surface area contributed by atoms with Gasteiger partial charge < -0.3 is 30.1 Å². The average molecular weight is 556 g/mol. The second-order valence-electron chi connectivity index (χ2n) is 10.6. The Morgan fingerprint density at radius 2 is 1.68 bits per heavy atom. The Hall–Kier alpha value is -4.53. The van der Waals surface area contributed by atoms with Gasteiger partial charge in [-0.15, -0.1) is 0 Å². The Kier molecular flexibility index (Phi) is 8.42. The molecule has 0 bridgehead atoms. The van der Waals surface area contributed by atoms with Crippen molar-refractivity contribution >= 4 is 29.2 Å². The molecule has 0 aliphatic carbocycles. The summed E-state index contributed by atoms with van der Waals surface area (Å²) in [6, 6.07) is 25.1. The zero-order valence-electron chi connectivity index (χ0n) is 23.6. The number of hydrogen-bond donors (Lipinski definition) is 2. The van der Waals surface area contributed by atoms with Gasteiger partial charge in [0.05, 0.1) is 13.8 Å². The number of likely N-dealkylation sites (tertiary alicyclic amines) is 1. The van der Waals surface area contributed by atoms with Gasteiger partial charge in [0, 0.05) is 31.0 Å². The van der Waals surface area contributed by atoms with E-state index in [1.165, 1.54) is 0 Å². The number of carbonyl (C=O) groups is 3. The molecule has 9 nitrogen and oxygen atoms in total. The van der Waals surface area contributed by atoms with Crippen LogP contribution >= 0.6 is 0 Å². The number of urea groups is 1. The molecule has 41 heavy (non-hydrogen) atoms. The maximum absolute atomic E-state index is 14.0. The van der Waals surface area contributed by atoms with E-state index < -0.39 is 5.54 Å². The number of carbonyl (C=O) groups excluding carboxylic acids is 3. The summed E-state index contributed by atoms with van der Waals surface area (Å²) in [7, 11) is 1.63. The van der Waals surface area contributed by atoms with Gasteiger partial charge in [-0.25, -0.2) is 4.79 Å². The van der Waals surface area contributed by atoms with Gasteiger partial charge in [-0.1, -0.05) is 48.5 Å². The highest BCUT2D eigenvalue weighted by Crippen LogP contribution is 2.39. The van der Waals surface area contributed by atoms with E-state index >= 15 is 0 Å². The van der Waals surface area contributed by atoms with E-state index in [0.29, 0.717) is 45.6 Å². The third-order valence-electron chi connectivity index (χ3n) is 7.97. The highest BCUT2D eigenvalue weighted by Gasteiger charge is 2.54. The van der Waals surface area contributed by atoms with Crippen LogP contribution in [0.25, 0.3) is 0 Å². The number of benzene rings is 3. The molecule has 0 saturated carbocycles. The number of nitrogens with one attached hydrogen (secondary N) is 2. The zero-order valence-corrected chi connectivity index (χ0v) is 23.6. The van der Waals surface area contributed by atoms with Gasteiger partial charge in [-0.3, -0.25) is 9.59 Å². The molecule has 2 aliphatic rings. The smallest absolute Gasteiger partial charge is 0.321 e. The third-order valence-corrected chi connectivity index (χ3v) is 7.97. The van der Waals surface area contributed by atoms with Gasteiger partial charge in [0.25, 0.3) is 5.91 Å². The van der Waals surface area contributed by atoms with Crippen LogP contribution in [0.5, 0.6) is 5.75 Å². The van der Waals surface area contributed by atoms with E-state index in [2.05, 4.69) is 15.5 Å². The first-order valence-corrected chi connectivity index (χ1v) is 14.0. The van der Waals surface area contributed by atoms with Crippen molar-refractivity contribution in [3.8, 4) is 5.75 Å². The summed E-state index contributed by atoms with van der Waals surface area (Å²) in [5, 5.41) is 5.93. The highest BCUT2D eigenvalue weighted by molar-refractivity contribution is 5.97. The lowest BCUT2D eigenvalue weighted by Gasteiger charge is -2.43. The molecule has 3 aromatic carbocycles. The van der Waals surface area contributed by atoms with Crippen LogP contribution < -0.4 is 20.3 Å². The number of anilines is 2. The van der Waals surface area contributed by atoms with Crippen molar-refractivity contribution < 1.29 is 19.1 Å². The number of aryl methyl sites for hydroxylation is 1. The van der Waals surface area contributed by atoms with Crippen LogP contribution in [0, 0.1) is 6.92 Å². The molecule has 2 fully saturated rings. The Bertz CT molecular complexity index is 1390. The Morgan fingerprint density at radius 1 is 0.951 bits per heavy atom. The van der Waals surface area contributed by atoms with Crippen LogP contribution in [0.3, 0.4) is 0 Å². The molecule has 2 heterocycles. The van der Waals surface area contributed by atoms with Crippen molar-refractivity contribution in [2.24, 2.45) is 0 Å². The number of piperidine rings is 1. The molecular formula is C32H37N5O4. The van der Waals surface area contributed by atoms with Crippen molar-refractivity contribution in [3.05, 3.63) is 90.0 Å². The first-order valence-electron chi connectivity index (χ1n) is 14.0. The number of para-hydroxylation sites is 2. The summed E-state index contributed by atoms with van der Waals surface area (Å²) in [4.78, 5) is 45.4. The molecule has 0 aromatic heterocycles. The molecule has 2 saturated heterocycles. The Labute approximate surface area is 241 Å². The lowest BCUT2D eigenvalue weighted by atomic mass is 9.85. The maximum atomic E-state index is 14.0. The maximum Gasteiger partial charge on any atom is 0.321 e. The summed E-state index contributed by atoms with van der Waals surface area (Å²) in [6.07, 6.45) is 1.59. The van der Waals surface area contributed by atoms with Gasteiger partial charge >= 0.3 is 6.03 Å². The normalized spacial score (nSPS) is 16.1. The summed E-state index contributed by atoms with van der Waals surface area (Å²) in [6.45, 7) is 3.60. The predicted molar refractivity (Wildman–Crippen MR) is 159 cm³/mol. The van der Waals surface area contributed by atoms with Crippen LogP contribution in [0.2, 0.25) is 0 Å². The van der Waals surface area contributed by atoms with E-state index in [0.717, 1.165) is 28.3 Å². The van der Waals surface area contributed by atoms with Gasteiger partial charge in [-0.2, -0.15) is 0 Å². The topological polar surface area (TPSA) is 94.2 Å². The molecule has 2 N–H and O–H groups in total. The van der Waals surface area contributed by atoms with E-state index in [-0.39, 0.29) is 24.4 Å². The lowest BCUT2D eigenvalue weighted by Crippen LogP contribution is -2.58. The van der Waals surface area contributed by atoms with Crippen molar-refractivity contribution in [1.82, 2.24) is 15.1 Å². The molecule has 5 rings (SSSR count). The minimum Gasteiger partial charge on any atom is -0.496 e. The Morgan fingerprint density at radius 3 is 2.41 bits per heavy atom. The minimum absolute atomic E-state index is 0.0204. The summed E-state index contributed by atoms with van der Waals surface area (Å²) in [5.74, 6) is 0.518. The fourth-order valence-corrected chi connectivity index (χ4v) is 5.80. The highest BCUT2D eigenvalue weighted by atomic mass is 16.5. The van der Waals surface area contributed by atoms with Crippen molar-refractivity contribution in [1.29, 1.82) is 0 Å². The molecule has 3 aromatic rings. The largest absolute Gasteiger partial charge is 0.496 e. The van der Waals surface area contributed by atoms with E-state index in [4.69, 9.17) is 4.74 Å². The summed E-state index contributed by atoms with van der Waals surface area (Å²) >= 11 is 0. The van der Waals surface area contributed by atoms with Gasteiger partial charge in [0.2, 0.25) is 5.91 Å². The second-order valence-corrected chi connectivity index (χ2v) is 10.6. The summed E-state index contributed by atoms with van der Waals surface area (Å²) in [5.41, 5.74) is 2.96. The fraction of sp³-hybridized carbons (Fsp3) is 0.344. The first kappa shape index (κ1) is 28.0. The van der Waals surface area contributed by atoms with Crippen LogP contribution in [-0.2, 0) is 16.0 Å². The predicted octanol–water partition coefficient (Wildman–Crippen LogP) is 4.04. The molecule has 0 radical (unpaired) electrons. The standard InChI is InChI=1S/C32H37N5O4/c1-24-9-8-11-26(21-24)34-31(40)35-19-16-32(17-20-35)30(39)36(23-37(32)27-12-4-3-5-13-27)22-29(38)33-18-15-25-10-6-7-14-28(25)41-2/h3-14,21H,15-20,22-23H2,1-2H3,(H,33,38)(H,34,40). The molecule has 0 atom stereocenters. The first-order chi connectivity index (χ1) is 19.9. The van der Waals surface area contributed by atoms with Crippen LogP contribution in [0.1, 0.15) is 24.0 Å². The fourth-order valence-electron chi connectivity index (χ4n) is 5.80. The molecule has 1 spiro atoms. The molecule has 9 heteroatoms. The lowest BCUT2D eigenvalue weighted by molar-refractivity contribution is -0.137. The van der Waals surface area contributed by atoms with Gasteiger partial charge in [-0.05, 0) is 67.6 Å². The van der Waals surface area contributed by atoms with E-state index in [1.807, 2.05) is 85.8 Å². The van der Waals surface area contributed by atoms with Crippen molar-refractivity contribution in [2.45, 2.75) is 31.7 Å². The monoisotopic (exact) mass is 555 g/mol. The number of ether oxygens (including phenoxy) is 1. The molecule has 0 unspecified atom stereocenters. The van der Waals surface area contributed by atoms with E-state index in [1.54, 1.807) is 16.9 Å². The minimum atomic E-state index is -0.806. The van der Waals surface area contributed by atoms with E-state index in [9.17, 15) is 14.4 Å². The average Bonchev–Trinajstić information content (AvgIpc) is 3.24. The van der Waals surface area contributed by atoms with Crippen LogP contribution in [0.15, 0.2) is 78.9 Å². The molecule has 2 aliphatic heterocycles. The SMILES string of the molecule is COc1ccccc1CCNC(=O)CN1CN(c2ccccc2)C2(CCN(C(=O)Nc3cccc(C)c3)CC2)C1=O. The quantitative estimate of drug-likeness (QED) is 0.438. The Balaban J connectivity index is 1.24. The number of nitrogens with zero attached hydrogens (tertiary/aromatic N) is 3. The number of amides is 4. The van der Waals surface area contributed by atoms with Crippen molar-refractivity contribution in [2.75, 3.05) is 50.2 Å². The van der Waals surface area contributed by atoms with Gasteiger partial charge in [0.15, 0.2) is 0 Å². The molecule has 214 valence electrons. The number of hydrogen-bond acceptors (Lipinski definition) is 5. The third kappa shape index (κ3) is 6.14.